The van der Waals surface area contributed by atoms with E-state index in [-0.39, 0.29) is 0 Å². The zero-order valence-corrected chi connectivity index (χ0v) is 10.7. The zero-order chi connectivity index (χ0) is 12.1. The third-order valence-electron chi connectivity index (χ3n) is 2.96. The van der Waals surface area contributed by atoms with Crippen LogP contribution in [0.25, 0.3) is 0 Å². The van der Waals surface area contributed by atoms with Crippen LogP contribution in [0, 0.1) is 0 Å². The van der Waals surface area contributed by atoms with Gasteiger partial charge in [0.1, 0.15) is 6.33 Å². The Kier molecular flexibility index (Phi) is 4.50. The second kappa shape index (κ2) is 6.12. The van der Waals surface area contributed by atoms with E-state index < -0.39 is 0 Å². The van der Waals surface area contributed by atoms with Gasteiger partial charge in [0.15, 0.2) is 5.82 Å². The highest BCUT2D eigenvalue weighted by Crippen LogP contribution is 2.15. The molecule has 1 fully saturated rings. The van der Waals surface area contributed by atoms with E-state index in [0.29, 0.717) is 12.1 Å². The third-order valence-corrected chi connectivity index (χ3v) is 2.96. The van der Waals surface area contributed by atoms with Gasteiger partial charge in [-0.2, -0.15) is 5.10 Å². The number of nitrogens with zero attached hydrogens (tertiary/aromatic N) is 3. The number of nitrogens with one attached hydrogen (secondary N) is 1. The van der Waals surface area contributed by atoms with Gasteiger partial charge in [-0.3, -0.25) is 4.68 Å². The van der Waals surface area contributed by atoms with Gasteiger partial charge in [0.2, 0.25) is 0 Å². The van der Waals surface area contributed by atoms with Gasteiger partial charge in [-0.25, -0.2) is 4.98 Å². The lowest BCUT2D eigenvalue weighted by atomic mass is 10.2. The molecule has 1 aliphatic rings. The maximum absolute atomic E-state index is 5.59. The van der Waals surface area contributed by atoms with Crippen LogP contribution in [-0.2, 0) is 17.8 Å². The molecule has 0 aliphatic carbocycles. The molecule has 1 unspecified atom stereocenters. The van der Waals surface area contributed by atoms with Gasteiger partial charge in [0, 0.05) is 19.2 Å². The first-order valence-corrected chi connectivity index (χ1v) is 6.47. The topological polar surface area (TPSA) is 52.0 Å². The molecule has 0 bridgehead atoms. The molecular formula is C12H22N4O. The quantitative estimate of drug-likeness (QED) is 0.812. The summed E-state index contributed by atoms with van der Waals surface area (Å²) >= 11 is 0. The van der Waals surface area contributed by atoms with Crippen molar-refractivity contribution in [3.8, 4) is 0 Å². The summed E-state index contributed by atoms with van der Waals surface area (Å²) in [5.41, 5.74) is 0. The molecule has 0 aromatic carbocycles. The smallest absolute Gasteiger partial charge is 0.164 e. The Balaban J connectivity index is 1.73. The molecule has 17 heavy (non-hydrogen) atoms. The highest BCUT2D eigenvalue weighted by molar-refractivity contribution is 4.81. The number of aryl methyl sites for hydroxylation is 1. The Bertz CT molecular complexity index is 331. The van der Waals surface area contributed by atoms with Gasteiger partial charge in [0.05, 0.1) is 12.6 Å². The number of rotatable bonds is 6. The second-order valence-corrected chi connectivity index (χ2v) is 4.88. The highest BCUT2D eigenvalue weighted by atomic mass is 16.5. The normalized spacial score (nSPS) is 20.3. The second-order valence-electron chi connectivity index (χ2n) is 4.88. The van der Waals surface area contributed by atoms with Gasteiger partial charge in [-0.15, -0.1) is 0 Å². The summed E-state index contributed by atoms with van der Waals surface area (Å²) in [4.78, 5) is 4.28. The SMILES string of the molecule is CC(C)NCc1ncn(CCC2CCCO2)n1. The molecule has 2 rings (SSSR count). The average molecular weight is 238 g/mol. The summed E-state index contributed by atoms with van der Waals surface area (Å²) < 4.78 is 7.50. The van der Waals surface area contributed by atoms with Crippen molar-refractivity contribution in [2.75, 3.05) is 6.61 Å². The summed E-state index contributed by atoms with van der Waals surface area (Å²) in [7, 11) is 0. The fourth-order valence-corrected chi connectivity index (χ4v) is 1.97. The molecule has 1 atom stereocenters. The predicted molar refractivity (Wildman–Crippen MR) is 65.6 cm³/mol. The number of hydrogen-bond acceptors (Lipinski definition) is 4. The van der Waals surface area contributed by atoms with E-state index in [9.17, 15) is 0 Å². The molecule has 1 N–H and O–H groups in total. The van der Waals surface area contributed by atoms with E-state index in [2.05, 4.69) is 29.2 Å². The molecular weight excluding hydrogens is 216 g/mol. The first-order chi connectivity index (χ1) is 8.24. The van der Waals surface area contributed by atoms with Crippen molar-refractivity contribution in [3.05, 3.63) is 12.2 Å². The van der Waals surface area contributed by atoms with Crippen molar-refractivity contribution in [1.29, 1.82) is 0 Å². The van der Waals surface area contributed by atoms with E-state index in [1.165, 1.54) is 12.8 Å². The minimum absolute atomic E-state index is 0.427. The predicted octanol–water partition coefficient (Wildman–Crippen LogP) is 1.35. The van der Waals surface area contributed by atoms with Crippen molar-refractivity contribution < 1.29 is 4.74 Å². The lowest BCUT2D eigenvalue weighted by Crippen LogP contribution is -2.22. The molecule has 96 valence electrons. The maximum atomic E-state index is 5.59. The Morgan fingerprint density at radius 2 is 2.47 bits per heavy atom. The van der Waals surface area contributed by atoms with Crippen molar-refractivity contribution in [3.63, 3.8) is 0 Å². The van der Waals surface area contributed by atoms with Crippen LogP contribution >= 0.6 is 0 Å². The average Bonchev–Trinajstić information content (AvgIpc) is 2.95. The van der Waals surface area contributed by atoms with Crippen LogP contribution in [0.2, 0.25) is 0 Å². The summed E-state index contributed by atoms with van der Waals surface area (Å²) in [5.74, 6) is 0.867. The Labute approximate surface area is 103 Å². The number of ether oxygens (including phenoxy) is 1. The van der Waals surface area contributed by atoms with Gasteiger partial charge >= 0.3 is 0 Å². The number of hydrogen-bond donors (Lipinski definition) is 1. The van der Waals surface area contributed by atoms with E-state index >= 15 is 0 Å². The maximum Gasteiger partial charge on any atom is 0.164 e. The van der Waals surface area contributed by atoms with Crippen LogP contribution in [0.3, 0.4) is 0 Å². The Hall–Kier alpha value is -0.940. The Morgan fingerprint density at radius 1 is 1.59 bits per heavy atom. The van der Waals surface area contributed by atoms with E-state index in [1.807, 2.05) is 11.0 Å². The standard InChI is InChI=1S/C12H22N4O/c1-10(2)13-8-12-14-9-16(15-12)6-5-11-4-3-7-17-11/h9-11,13H,3-8H2,1-2H3. The lowest BCUT2D eigenvalue weighted by Gasteiger charge is -2.08. The van der Waals surface area contributed by atoms with E-state index in [1.54, 1.807) is 0 Å². The molecule has 0 radical (unpaired) electrons. The van der Waals surface area contributed by atoms with Crippen molar-refractivity contribution in [1.82, 2.24) is 20.1 Å². The fourth-order valence-electron chi connectivity index (χ4n) is 1.97. The zero-order valence-electron chi connectivity index (χ0n) is 10.7. The molecule has 1 aliphatic heterocycles. The molecule has 0 amide bonds. The van der Waals surface area contributed by atoms with Crippen molar-refractivity contribution in [2.45, 2.75) is 58.3 Å². The summed E-state index contributed by atoms with van der Waals surface area (Å²) in [6.45, 7) is 6.80. The summed E-state index contributed by atoms with van der Waals surface area (Å²) in [5, 5.41) is 7.74. The molecule has 5 heteroatoms. The monoisotopic (exact) mass is 238 g/mol. The highest BCUT2D eigenvalue weighted by Gasteiger charge is 2.15. The lowest BCUT2D eigenvalue weighted by molar-refractivity contribution is 0.0994. The molecule has 1 aromatic heterocycles. The van der Waals surface area contributed by atoms with Gasteiger partial charge in [-0.1, -0.05) is 13.8 Å². The molecule has 1 aromatic rings. The van der Waals surface area contributed by atoms with Gasteiger partial charge < -0.3 is 10.1 Å². The van der Waals surface area contributed by atoms with Crippen LogP contribution in [0.4, 0.5) is 0 Å². The molecule has 0 spiro atoms. The van der Waals surface area contributed by atoms with Crippen LogP contribution < -0.4 is 5.32 Å². The summed E-state index contributed by atoms with van der Waals surface area (Å²) in [6, 6.07) is 0.467. The summed E-state index contributed by atoms with van der Waals surface area (Å²) in [6.07, 6.45) is 5.67. The first kappa shape index (κ1) is 12.5. The van der Waals surface area contributed by atoms with Gasteiger partial charge in [-0.05, 0) is 19.3 Å². The van der Waals surface area contributed by atoms with Crippen LogP contribution in [0.15, 0.2) is 6.33 Å². The third kappa shape index (κ3) is 4.09. The Morgan fingerprint density at radius 3 is 3.18 bits per heavy atom. The molecule has 5 nitrogen and oxygen atoms in total. The first-order valence-electron chi connectivity index (χ1n) is 6.47. The minimum Gasteiger partial charge on any atom is -0.378 e. The van der Waals surface area contributed by atoms with Crippen LogP contribution in [-0.4, -0.2) is 33.5 Å². The van der Waals surface area contributed by atoms with E-state index in [4.69, 9.17) is 4.74 Å². The van der Waals surface area contributed by atoms with E-state index in [0.717, 1.165) is 31.9 Å². The van der Waals surface area contributed by atoms with Crippen molar-refractivity contribution >= 4 is 0 Å². The molecule has 0 saturated carbocycles. The van der Waals surface area contributed by atoms with Crippen LogP contribution in [0.1, 0.15) is 38.9 Å². The van der Waals surface area contributed by atoms with Crippen LogP contribution in [0.5, 0.6) is 0 Å². The number of aromatic nitrogens is 3. The molecule has 2 heterocycles. The van der Waals surface area contributed by atoms with Gasteiger partial charge in [0.25, 0.3) is 0 Å². The largest absolute Gasteiger partial charge is 0.378 e. The molecule has 1 saturated heterocycles. The van der Waals surface area contributed by atoms with Crippen molar-refractivity contribution in [2.24, 2.45) is 0 Å². The fraction of sp³-hybridized carbons (Fsp3) is 0.833. The minimum atomic E-state index is 0.427.